The molecule has 0 aliphatic rings. The molecular formula is C15H16N2O3. The van der Waals surface area contributed by atoms with Crippen molar-refractivity contribution in [2.45, 2.75) is 12.5 Å². The van der Waals surface area contributed by atoms with Crippen LogP contribution in [0.5, 0.6) is 5.75 Å². The predicted octanol–water partition coefficient (Wildman–Crippen LogP) is 1.71. The van der Waals surface area contributed by atoms with Crippen molar-refractivity contribution in [2.24, 2.45) is 5.73 Å². The summed E-state index contributed by atoms with van der Waals surface area (Å²) in [6.45, 7) is 0. The molecule has 5 nitrogen and oxygen atoms in total. The molecule has 0 saturated heterocycles. The number of rotatable bonds is 5. The second kappa shape index (κ2) is 6.16. The minimum absolute atomic E-state index is 0.301. The fourth-order valence-electron chi connectivity index (χ4n) is 1.91. The van der Waals surface area contributed by atoms with Crippen LogP contribution in [-0.4, -0.2) is 29.2 Å². The van der Waals surface area contributed by atoms with Gasteiger partial charge >= 0.3 is 5.97 Å². The molecule has 0 bridgehead atoms. The third-order valence-corrected chi connectivity index (χ3v) is 2.99. The zero-order valence-corrected chi connectivity index (χ0v) is 11.1. The average molecular weight is 272 g/mol. The minimum Gasteiger partial charge on any atom is -0.494 e. The highest BCUT2D eigenvalue weighted by Crippen LogP contribution is 2.27. The molecule has 0 aliphatic heterocycles. The molecule has 1 atom stereocenters. The summed E-state index contributed by atoms with van der Waals surface area (Å²) in [6, 6.07) is 10.2. The molecule has 0 radical (unpaired) electrons. The summed E-state index contributed by atoms with van der Waals surface area (Å²) >= 11 is 0. The maximum absolute atomic E-state index is 10.7. The van der Waals surface area contributed by atoms with Gasteiger partial charge in [-0.05, 0) is 24.1 Å². The fourth-order valence-corrected chi connectivity index (χ4v) is 1.91. The number of pyridine rings is 1. The van der Waals surface area contributed by atoms with Crippen LogP contribution in [0.4, 0.5) is 0 Å². The molecule has 0 fully saturated rings. The van der Waals surface area contributed by atoms with Gasteiger partial charge in [0, 0.05) is 11.8 Å². The first-order chi connectivity index (χ1) is 9.61. The number of methoxy groups -OCH3 is 1. The van der Waals surface area contributed by atoms with Crippen molar-refractivity contribution >= 4 is 5.97 Å². The number of hydrogen-bond donors (Lipinski definition) is 2. The normalized spacial score (nSPS) is 11.9. The van der Waals surface area contributed by atoms with Gasteiger partial charge in [0.2, 0.25) is 0 Å². The number of carbonyl (C=O) groups is 1. The SMILES string of the molecule is COc1cccnc1-c1ccc(C[C@H](N)C(=O)O)cc1. The molecule has 0 aliphatic carbocycles. The van der Waals surface area contributed by atoms with Crippen molar-refractivity contribution in [2.75, 3.05) is 7.11 Å². The quantitative estimate of drug-likeness (QED) is 0.865. The molecule has 5 heteroatoms. The molecule has 0 unspecified atom stereocenters. The van der Waals surface area contributed by atoms with E-state index in [-0.39, 0.29) is 0 Å². The maximum atomic E-state index is 10.7. The lowest BCUT2D eigenvalue weighted by Gasteiger charge is -2.09. The first kappa shape index (κ1) is 14.0. The van der Waals surface area contributed by atoms with Crippen molar-refractivity contribution < 1.29 is 14.6 Å². The minimum atomic E-state index is -1.000. The molecule has 1 aromatic carbocycles. The van der Waals surface area contributed by atoms with E-state index in [0.717, 1.165) is 16.8 Å². The van der Waals surface area contributed by atoms with E-state index in [4.69, 9.17) is 15.6 Å². The van der Waals surface area contributed by atoms with E-state index < -0.39 is 12.0 Å². The van der Waals surface area contributed by atoms with Crippen molar-refractivity contribution in [1.82, 2.24) is 4.98 Å². The number of carboxylic acids is 1. The van der Waals surface area contributed by atoms with Crippen molar-refractivity contribution in [3.8, 4) is 17.0 Å². The summed E-state index contributed by atoms with van der Waals surface area (Å²) in [7, 11) is 1.60. The summed E-state index contributed by atoms with van der Waals surface area (Å²) in [5.41, 5.74) is 8.05. The van der Waals surface area contributed by atoms with Gasteiger partial charge in [0.25, 0.3) is 0 Å². The lowest BCUT2D eigenvalue weighted by atomic mass is 10.0. The molecular weight excluding hydrogens is 256 g/mol. The third kappa shape index (κ3) is 3.13. The van der Waals surface area contributed by atoms with Gasteiger partial charge in [-0.1, -0.05) is 24.3 Å². The van der Waals surface area contributed by atoms with Gasteiger partial charge in [0.05, 0.1) is 7.11 Å². The lowest BCUT2D eigenvalue weighted by Crippen LogP contribution is -2.32. The highest BCUT2D eigenvalue weighted by Gasteiger charge is 2.12. The standard InChI is InChI=1S/C15H16N2O3/c1-20-13-3-2-8-17-14(13)11-6-4-10(5-7-11)9-12(16)15(18)19/h2-8,12H,9,16H2,1H3,(H,18,19)/t12-/m0/s1. The van der Waals surface area contributed by atoms with Crippen LogP contribution in [0, 0.1) is 0 Å². The number of ether oxygens (including phenoxy) is 1. The topological polar surface area (TPSA) is 85.4 Å². The van der Waals surface area contributed by atoms with Crippen molar-refractivity contribution in [1.29, 1.82) is 0 Å². The van der Waals surface area contributed by atoms with Crippen LogP contribution in [0.2, 0.25) is 0 Å². The zero-order valence-electron chi connectivity index (χ0n) is 11.1. The summed E-state index contributed by atoms with van der Waals surface area (Å²) in [5, 5.41) is 8.79. The molecule has 1 aromatic heterocycles. The van der Waals surface area contributed by atoms with E-state index >= 15 is 0 Å². The summed E-state index contributed by atoms with van der Waals surface area (Å²) < 4.78 is 5.27. The Hall–Kier alpha value is -2.40. The number of hydrogen-bond acceptors (Lipinski definition) is 4. The van der Waals surface area contributed by atoms with Crippen molar-refractivity contribution in [3.63, 3.8) is 0 Å². The van der Waals surface area contributed by atoms with Crippen molar-refractivity contribution in [3.05, 3.63) is 48.2 Å². The lowest BCUT2D eigenvalue weighted by molar-refractivity contribution is -0.138. The largest absolute Gasteiger partial charge is 0.494 e. The Morgan fingerprint density at radius 1 is 1.35 bits per heavy atom. The van der Waals surface area contributed by atoms with E-state index in [9.17, 15) is 4.79 Å². The number of aliphatic carboxylic acids is 1. The summed E-state index contributed by atoms with van der Waals surface area (Å²) in [4.78, 5) is 15.0. The first-order valence-electron chi connectivity index (χ1n) is 6.18. The highest BCUT2D eigenvalue weighted by atomic mass is 16.5. The Morgan fingerprint density at radius 2 is 2.05 bits per heavy atom. The van der Waals surface area contributed by atoms with Gasteiger partial charge in [0.1, 0.15) is 17.5 Å². The Labute approximate surface area is 117 Å². The molecule has 0 saturated carbocycles. The van der Waals surface area contributed by atoms with Crippen LogP contribution in [0.15, 0.2) is 42.6 Å². The van der Waals surface area contributed by atoms with Gasteiger partial charge in [-0.2, -0.15) is 0 Å². The van der Waals surface area contributed by atoms with Crippen LogP contribution < -0.4 is 10.5 Å². The number of nitrogens with zero attached hydrogens (tertiary/aromatic N) is 1. The number of benzene rings is 1. The van der Waals surface area contributed by atoms with E-state index in [0.29, 0.717) is 12.2 Å². The molecule has 2 aromatic rings. The van der Waals surface area contributed by atoms with Crippen LogP contribution in [0.3, 0.4) is 0 Å². The van der Waals surface area contributed by atoms with Gasteiger partial charge in [-0.25, -0.2) is 0 Å². The fraction of sp³-hybridized carbons (Fsp3) is 0.200. The Morgan fingerprint density at radius 3 is 2.65 bits per heavy atom. The molecule has 0 spiro atoms. The Kier molecular flexibility index (Phi) is 4.32. The maximum Gasteiger partial charge on any atom is 0.320 e. The zero-order chi connectivity index (χ0) is 14.5. The molecule has 3 N–H and O–H groups in total. The van der Waals surface area contributed by atoms with Gasteiger partial charge in [-0.15, -0.1) is 0 Å². The van der Waals surface area contributed by atoms with Crippen LogP contribution in [0.25, 0.3) is 11.3 Å². The highest BCUT2D eigenvalue weighted by molar-refractivity contribution is 5.73. The van der Waals surface area contributed by atoms with Crippen LogP contribution >= 0.6 is 0 Å². The first-order valence-corrected chi connectivity index (χ1v) is 6.18. The smallest absolute Gasteiger partial charge is 0.320 e. The molecule has 2 rings (SSSR count). The third-order valence-electron chi connectivity index (χ3n) is 2.99. The summed E-state index contributed by atoms with van der Waals surface area (Å²) in [6.07, 6.45) is 2.00. The Bertz CT molecular complexity index is 596. The van der Waals surface area contributed by atoms with E-state index in [1.807, 2.05) is 36.4 Å². The molecule has 1 heterocycles. The second-order valence-corrected chi connectivity index (χ2v) is 4.40. The van der Waals surface area contributed by atoms with Gasteiger partial charge < -0.3 is 15.6 Å². The predicted molar refractivity (Wildman–Crippen MR) is 75.5 cm³/mol. The van der Waals surface area contributed by atoms with E-state index in [1.165, 1.54) is 0 Å². The second-order valence-electron chi connectivity index (χ2n) is 4.40. The summed E-state index contributed by atoms with van der Waals surface area (Å²) in [5.74, 6) is -0.303. The van der Waals surface area contributed by atoms with E-state index in [2.05, 4.69) is 4.98 Å². The average Bonchev–Trinajstić information content (AvgIpc) is 2.48. The number of carboxylic acid groups (broad SMARTS) is 1. The van der Waals surface area contributed by atoms with Crippen LogP contribution in [0.1, 0.15) is 5.56 Å². The van der Waals surface area contributed by atoms with Crippen LogP contribution in [-0.2, 0) is 11.2 Å². The Balaban J connectivity index is 2.22. The van der Waals surface area contributed by atoms with E-state index in [1.54, 1.807) is 13.3 Å². The van der Waals surface area contributed by atoms with Gasteiger partial charge in [0.15, 0.2) is 0 Å². The molecule has 0 amide bonds. The molecule has 20 heavy (non-hydrogen) atoms. The molecule has 104 valence electrons. The number of nitrogens with two attached hydrogens (primary N) is 1. The number of aromatic nitrogens is 1. The monoisotopic (exact) mass is 272 g/mol. The van der Waals surface area contributed by atoms with Gasteiger partial charge in [-0.3, -0.25) is 9.78 Å².